The summed E-state index contributed by atoms with van der Waals surface area (Å²) in [5.74, 6) is 0.769. The van der Waals surface area contributed by atoms with Crippen molar-refractivity contribution in [3.8, 4) is 5.75 Å². The molecule has 0 aliphatic heterocycles. The maximum atomic E-state index is 12.7. The van der Waals surface area contributed by atoms with Crippen LogP contribution >= 0.6 is 0 Å². The van der Waals surface area contributed by atoms with Crippen molar-refractivity contribution in [2.45, 2.75) is 6.92 Å². The van der Waals surface area contributed by atoms with E-state index in [4.69, 9.17) is 4.74 Å². The number of pyridine rings is 1. The Hall–Kier alpha value is -2.81. The number of ether oxygens (including phenoxy) is 1. The quantitative estimate of drug-likeness (QED) is 0.561. The first-order chi connectivity index (χ1) is 10.8. The van der Waals surface area contributed by atoms with Crippen molar-refractivity contribution in [1.29, 1.82) is 0 Å². The second kappa shape index (κ2) is 4.88. The molecule has 0 fully saturated rings. The van der Waals surface area contributed by atoms with Crippen LogP contribution in [0.3, 0.4) is 0 Å². The fourth-order valence-electron chi connectivity index (χ4n) is 2.90. The molecule has 108 valence electrons. The van der Waals surface area contributed by atoms with Gasteiger partial charge in [-0.25, -0.2) is 0 Å². The van der Waals surface area contributed by atoms with Gasteiger partial charge in [-0.15, -0.1) is 0 Å². The summed E-state index contributed by atoms with van der Waals surface area (Å²) in [6.07, 6.45) is 0. The zero-order valence-electron chi connectivity index (χ0n) is 12.2. The number of aromatic nitrogens is 1. The Morgan fingerprint density at radius 1 is 0.909 bits per heavy atom. The Morgan fingerprint density at radius 3 is 2.41 bits per heavy atom. The standard InChI is InChI=1S/C19H15NO2/c1-2-22-14-7-8-15-18(11-14)20-17-10-13-6-4-3-5-12(13)9-16(17)19(15)21/h3-11H,2H2,1H3,(H,20,21). The number of aromatic amines is 1. The van der Waals surface area contributed by atoms with E-state index in [1.807, 2.05) is 61.5 Å². The third-order valence-electron chi connectivity index (χ3n) is 3.95. The first-order valence-corrected chi connectivity index (χ1v) is 7.37. The molecule has 0 amide bonds. The van der Waals surface area contributed by atoms with Gasteiger partial charge < -0.3 is 9.72 Å². The van der Waals surface area contributed by atoms with Crippen LogP contribution in [-0.2, 0) is 0 Å². The number of H-pyrrole nitrogens is 1. The molecule has 22 heavy (non-hydrogen) atoms. The number of nitrogens with one attached hydrogen (secondary N) is 1. The Labute approximate surface area is 127 Å². The second-order valence-electron chi connectivity index (χ2n) is 5.34. The summed E-state index contributed by atoms with van der Waals surface area (Å²) in [4.78, 5) is 16.1. The van der Waals surface area contributed by atoms with Crippen molar-refractivity contribution in [2.24, 2.45) is 0 Å². The van der Waals surface area contributed by atoms with Crippen LogP contribution in [0.5, 0.6) is 5.75 Å². The molecule has 0 saturated heterocycles. The lowest BCUT2D eigenvalue weighted by atomic mass is 10.0. The zero-order valence-corrected chi connectivity index (χ0v) is 12.2. The van der Waals surface area contributed by atoms with E-state index in [0.29, 0.717) is 12.0 Å². The predicted octanol–water partition coefficient (Wildman–Crippen LogP) is 4.23. The van der Waals surface area contributed by atoms with E-state index in [-0.39, 0.29) is 5.43 Å². The third-order valence-corrected chi connectivity index (χ3v) is 3.95. The second-order valence-corrected chi connectivity index (χ2v) is 5.34. The van der Waals surface area contributed by atoms with E-state index in [2.05, 4.69) is 4.98 Å². The summed E-state index contributed by atoms with van der Waals surface area (Å²) < 4.78 is 5.51. The summed E-state index contributed by atoms with van der Waals surface area (Å²) >= 11 is 0. The molecule has 0 spiro atoms. The van der Waals surface area contributed by atoms with E-state index in [1.165, 1.54) is 0 Å². The molecule has 0 unspecified atom stereocenters. The van der Waals surface area contributed by atoms with Crippen molar-refractivity contribution in [3.05, 3.63) is 64.8 Å². The fourth-order valence-corrected chi connectivity index (χ4v) is 2.90. The molecule has 0 saturated carbocycles. The lowest BCUT2D eigenvalue weighted by molar-refractivity contribution is 0.340. The van der Waals surface area contributed by atoms with Crippen LogP contribution < -0.4 is 10.2 Å². The SMILES string of the molecule is CCOc1ccc2c(=O)c3cc4ccccc4cc3[nH]c2c1. The minimum absolute atomic E-state index is 0.0533. The maximum Gasteiger partial charge on any atom is 0.197 e. The molecule has 3 nitrogen and oxygen atoms in total. The van der Waals surface area contributed by atoms with Gasteiger partial charge >= 0.3 is 0 Å². The van der Waals surface area contributed by atoms with E-state index < -0.39 is 0 Å². The van der Waals surface area contributed by atoms with Gasteiger partial charge in [-0.2, -0.15) is 0 Å². The van der Waals surface area contributed by atoms with E-state index in [1.54, 1.807) is 0 Å². The van der Waals surface area contributed by atoms with E-state index >= 15 is 0 Å². The lowest BCUT2D eigenvalue weighted by Gasteiger charge is -2.07. The van der Waals surface area contributed by atoms with Crippen LogP contribution in [0.2, 0.25) is 0 Å². The molecule has 0 aliphatic carbocycles. The summed E-state index contributed by atoms with van der Waals surface area (Å²) in [6.45, 7) is 2.55. The lowest BCUT2D eigenvalue weighted by Crippen LogP contribution is -2.04. The van der Waals surface area contributed by atoms with Gasteiger partial charge in [0.15, 0.2) is 5.43 Å². The molecule has 0 radical (unpaired) electrons. The number of hydrogen-bond donors (Lipinski definition) is 1. The van der Waals surface area contributed by atoms with Crippen LogP contribution in [0.4, 0.5) is 0 Å². The minimum atomic E-state index is 0.0533. The van der Waals surface area contributed by atoms with Crippen molar-refractivity contribution in [1.82, 2.24) is 4.98 Å². The summed E-state index contributed by atoms with van der Waals surface area (Å²) in [5.41, 5.74) is 1.71. The highest BCUT2D eigenvalue weighted by molar-refractivity contribution is 6.01. The molecule has 1 aromatic heterocycles. The first kappa shape index (κ1) is 12.9. The van der Waals surface area contributed by atoms with E-state index in [9.17, 15) is 4.79 Å². The molecule has 0 bridgehead atoms. The smallest absolute Gasteiger partial charge is 0.197 e. The average molecular weight is 289 g/mol. The Bertz CT molecular complexity index is 1060. The molecule has 1 heterocycles. The zero-order chi connectivity index (χ0) is 15.1. The topological polar surface area (TPSA) is 42.1 Å². The Morgan fingerprint density at radius 2 is 1.64 bits per heavy atom. The van der Waals surface area contributed by atoms with Crippen LogP contribution in [0.1, 0.15) is 6.92 Å². The highest BCUT2D eigenvalue weighted by Crippen LogP contribution is 2.23. The van der Waals surface area contributed by atoms with Gasteiger partial charge in [0.25, 0.3) is 0 Å². The summed E-state index contributed by atoms with van der Waals surface area (Å²) in [6, 6.07) is 17.6. The molecule has 4 rings (SSSR count). The van der Waals surface area contributed by atoms with Gasteiger partial charge in [-0.05, 0) is 42.0 Å². The van der Waals surface area contributed by atoms with Gasteiger partial charge in [-0.1, -0.05) is 24.3 Å². The molecule has 3 heteroatoms. The van der Waals surface area contributed by atoms with Crippen molar-refractivity contribution < 1.29 is 4.74 Å². The summed E-state index contributed by atoms with van der Waals surface area (Å²) in [7, 11) is 0. The molecule has 3 aromatic carbocycles. The van der Waals surface area contributed by atoms with Crippen LogP contribution in [-0.4, -0.2) is 11.6 Å². The molecule has 1 N–H and O–H groups in total. The monoisotopic (exact) mass is 289 g/mol. The third kappa shape index (κ3) is 1.94. The minimum Gasteiger partial charge on any atom is -0.494 e. The fraction of sp³-hybridized carbons (Fsp3) is 0.105. The van der Waals surface area contributed by atoms with Crippen molar-refractivity contribution in [3.63, 3.8) is 0 Å². The molecular formula is C19H15NO2. The number of rotatable bonds is 2. The number of benzene rings is 3. The van der Waals surface area contributed by atoms with Gasteiger partial charge in [0.2, 0.25) is 0 Å². The first-order valence-electron chi connectivity index (χ1n) is 7.37. The van der Waals surface area contributed by atoms with Gasteiger partial charge in [0.1, 0.15) is 5.75 Å². The maximum absolute atomic E-state index is 12.7. The Kier molecular flexibility index (Phi) is 2.86. The molecule has 4 aromatic rings. The largest absolute Gasteiger partial charge is 0.494 e. The van der Waals surface area contributed by atoms with Crippen LogP contribution in [0, 0.1) is 0 Å². The normalized spacial score (nSPS) is 11.3. The van der Waals surface area contributed by atoms with Crippen molar-refractivity contribution in [2.75, 3.05) is 6.61 Å². The predicted molar refractivity (Wildman–Crippen MR) is 90.7 cm³/mol. The molecular weight excluding hydrogens is 274 g/mol. The Balaban J connectivity index is 2.10. The van der Waals surface area contributed by atoms with Gasteiger partial charge in [-0.3, -0.25) is 4.79 Å². The van der Waals surface area contributed by atoms with Crippen LogP contribution in [0.25, 0.3) is 32.6 Å². The average Bonchev–Trinajstić information content (AvgIpc) is 2.54. The number of hydrogen-bond acceptors (Lipinski definition) is 2. The highest BCUT2D eigenvalue weighted by atomic mass is 16.5. The highest BCUT2D eigenvalue weighted by Gasteiger charge is 2.07. The summed E-state index contributed by atoms with van der Waals surface area (Å²) in [5, 5.41) is 3.60. The molecule has 0 aliphatic rings. The van der Waals surface area contributed by atoms with Crippen LogP contribution in [0.15, 0.2) is 59.4 Å². The van der Waals surface area contributed by atoms with Gasteiger partial charge in [0.05, 0.1) is 17.6 Å². The molecule has 0 atom stereocenters. The van der Waals surface area contributed by atoms with Crippen molar-refractivity contribution >= 4 is 32.6 Å². The number of fused-ring (bicyclic) bond motifs is 3. The van der Waals surface area contributed by atoms with E-state index in [0.717, 1.165) is 32.9 Å². The van der Waals surface area contributed by atoms with Gasteiger partial charge in [0, 0.05) is 16.8 Å².